The fraction of sp³-hybridized carbons (Fsp3) is 0.417. The third-order valence-electron chi connectivity index (χ3n) is 2.42. The Balaban J connectivity index is 2.82. The molecule has 0 unspecified atom stereocenters. The van der Waals surface area contributed by atoms with Crippen molar-refractivity contribution in [1.29, 1.82) is 0 Å². The second kappa shape index (κ2) is 5.59. The molecule has 18 heavy (non-hydrogen) atoms. The van der Waals surface area contributed by atoms with Crippen LogP contribution in [0.15, 0.2) is 36.3 Å². The van der Waals surface area contributed by atoms with Gasteiger partial charge in [0.2, 0.25) is 6.20 Å². The molecule has 0 spiro atoms. The SMILES string of the molecule is CCOC(=O)C(C)(C)[N+](=O)C=C1C=CN([O-])C=C1. The van der Waals surface area contributed by atoms with Crippen molar-refractivity contribution in [1.82, 2.24) is 5.06 Å². The molecular formula is C12H16N2O4. The lowest BCUT2D eigenvalue weighted by Crippen LogP contribution is -2.42. The lowest BCUT2D eigenvalue weighted by Gasteiger charge is -2.23. The predicted molar refractivity (Wildman–Crippen MR) is 65.9 cm³/mol. The Morgan fingerprint density at radius 2 is 2.06 bits per heavy atom. The molecule has 0 saturated heterocycles. The van der Waals surface area contributed by atoms with Gasteiger partial charge >= 0.3 is 11.5 Å². The molecule has 0 aliphatic carbocycles. The summed E-state index contributed by atoms with van der Waals surface area (Å²) in [5, 5.41) is 11.4. The van der Waals surface area contributed by atoms with Gasteiger partial charge in [-0.25, -0.2) is 4.79 Å². The molecule has 98 valence electrons. The van der Waals surface area contributed by atoms with Crippen LogP contribution in [-0.4, -0.2) is 27.9 Å². The second-order valence-electron chi connectivity index (χ2n) is 4.23. The lowest BCUT2D eigenvalue weighted by atomic mass is 10.1. The standard InChI is InChI=1S/C12H16N2O4/c1-4-18-11(15)12(2,3)14(17)9-10-5-7-13(16)8-6-10/h5-9H,4H2,1-3H3. The monoisotopic (exact) mass is 252 g/mol. The first-order valence-electron chi connectivity index (χ1n) is 5.55. The van der Waals surface area contributed by atoms with Gasteiger partial charge in [-0.1, -0.05) is 0 Å². The maximum atomic E-state index is 11.9. The average molecular weight is 252 g/mol. The molecule has 0 bridgehead atoms. The number of nitroso groups, excluding NO2 is 1. The van der Waals surface area contributed by atoms with E-state index in [-0.39, 0.29) is 6.61 Å². The van der Waals surface area contributed by atoms with Crippen molar-refractivity contribution in [2.45, 2.75) is 26.3 Å². The molecular weight excluding hydrogens is 236 g/mol. The summed E-state index contributed by atoms with van der Waals surface area (Å²) in [6.07, 6.45) is 6.77. The largest absolute Gasteiger partial charge is 0.755 e. The summed E-state index contributed by atoms with van der Waals surface area (Å²) in [7, 11) is 0. The molecule has 0 aromatic carbocycles. The zero-order valence-corrected chi connectivity index (χ0v) is 10.6. The van der Waals surface area contributed by atoms with Gasteiger partial charge in [0.05, 0.1) is 6.61 Å². The van der Waals surface area contributed by atoms with E-state index in [0.717, 1.165) is 0 Å². The highest BCUT2D eigenvalue weighted by Gasteiger charge is 2.44. The van der Waals surface area contributed by atoms with Gasteiger partial charge in [-0.05, 0) is 31.5 Å². The Kier molecular flexibility index (Phi) is 4.38. The van der Waals surface area contributed by atoms with Crippen LogP contribution in [0.3, 0.4) is 0 Å². The van der Waals surface area contributed by atoms with Gasteiger partial charge in [0, 0.05) is 29.1 Å². The molecule has 6 nitrogen and oxygen atoms in total. The number of hydrogen-bond donors (Lipinski definition) is 0. The number of hydrogen-bond acceptors (Lipinski definition) is 5. The van der Waals surface area contributed by atoms with Crippen molar-refractivity contribution in [2.75, 3.05) is 6.61 Å². The summed E-state index contributed by atoms with van der Waals surface area (Å²) in [6, 6.07) is 0. The lowest BCUT2D eigenvalue weighted by molar-refractivity contribution is -0.545. The highest BCUT2D eigenvalue weighted by molar-refractivity contribution is 5.78. The summed E-state index contributed by atoms with van der Waals surface area (Å²) in [5.41, 5.74) is -0.770. The van der Waals surface area contributed by atoms with E-state index in [4.69, 9.17) is 4.74 Å². The Labute approximate surface area is 105 Å². The molecule has 0 atom stereocenters. The highest BCUT2D eigenvalue weighted by Crippen LogP contribution is 2.15. The molecule has 1 aliphatic rings. The summed E-state index contributed by atoms with van der Waals surface area (Å²) in [4.78, 5) is 23.5. The van der Waals surface area contributed by atoms with Crippen LogP contribution in [0.25, 0.3) is 0 Å². The van der Waals surface area contributed by atoms with E-state index in [1.807, 2.05) is 0 Å². The number of ether oxygens (including phenoxy) is 1. The van der Waals surface area contributed by atoms with Crippen LogP contribution in [0.5, 0.6) is 0 Å². The second-order valence-corrected chi connectivity index (χ2v) is 4.23. The number of nitrogens with zero attached hydrogens (tertiary/aromatic N) is 2. The number of esters is 1. The molecule has 0 fully saturated rings. The van der Waals surface area contributed by atoms with E-state index in [1.165, 1.54) is 44.6 Å². The molecule has 0 amide bonds. The number of rotatable bonds is 4. The number of hydroxylamine groups is 2. The van der Waals surface area contributed by atoms with Crippen LogP contribution >= 0.6 is 0 Å². The highest BCUT2D eigenvalue weighted by atomic mass is 16.5. The number of carbonyl (C=O) groups is 1. The molecule has 1 heterocycles. The van der Waals surface area contributed by atoms with Gasteiger partial charge < -0.3 is 15.0 Å². The summed E-state index contributed by atoms with van der Waals surface area (Å²) < 4.78 is 5.35. The first-order valence-corrected chi connectivity index (χ1v) is 5.55. The van der Waals surface area contributed by atoms with Gasteiger partial charge in [-0.15, -0.1) is 0 Å². The number of carbonyl (C=O) groups excluding carboxylic acids is 1. The molecule has 6 heteroatoms. The van der Waals surface area contributed by atoms with Crippen molar-refractivity contribution < 1.29 is 14.3 Å². The van der Waals surface area contributed by atoms with E-state index in [9.17, 15) is 14.9 Å². The minimum absolute atomic E-state index is 0.220. The van der Waals surface area contributed by atoms with Gasteiger partial charge in [0.15, 0.2) is 0 Å². The topological polar surface area (TPSA) is 72.7 Å². The first-order chi connectivity index (χ1) is 8.37. The smallest absolute Gasteiger partial charge is 0.383 e. The van der Waals surface area contributed by atoms with E-state index >= 15 is 0 Å². The summed E-state index contributed by atoms with van der Waals surface area (Å²) in [5.74, 6) is -0.592. The first kappa shape index (κ1) is 14.1. The van der Waals surface area contributed by atoms with Crippen molar-refractivity contribution in [3.8, 4) is 0 Å². The van der Waals surface area contributed by atoms with E-state index in [1.54, 1.807) is 6.92 Å². The van der Waals surface area contributed by atoms with Gasteiger partial charge in [-0.3, -0.25) is 0 Å². The maximum absolute atomic E-state index is 11.9. The Bertz CT molecular complexity index is 419. The number of allylic oxidation sites excluding steroid dienone is 3. The summed E-state index contributed by atoms with van der Waals surface area (Å²) in [6.45, 7) is 4.85. The average Bonchev–Trinajstić information content (AvgIpc) is 2.32. The quantitative estimate of drug-likeness (QED) is 0.563. The molecule has 0 aromatic heterocycles. The van der Waals surface area contributed by atoms with E-state index < -0.39 is 11.5 Å². The fourth-order valence-corrected chi connectivity index (χ4v) is 1.20. The third-order valence-corrected chi connectivity index (χ3v) is 2.42. The molecule has 0 radical (unpaired) electrons. The minimum atomic E-state index is -1.31. The molecule has 0 aromatic rings. The Morgan fingerprint density at radius 3 is 2.56 bits per heavy atom. The van der Waals surface area contributed by atoms with Crippen molar-refractivity contribution in [2.24, 2.45) is 0 Å². The molecule has 1 rings (SSSR count). The van der Waals surface area contributed by atoms with Gasteiger partial charge in [-0.2, -0.15) is 0 Å². The van der Waals surface area contributed by atoms with Crippen LogP contribution in [0.2, 0.25) is 0 Å². The Hall–Kier alpha value is -1.95. The van der Waals surface area contributed by atoms with Crippen LogP contribution < -0.4 is 0 Å². The Morgan fingerprint density at radius 1 is 1.50 bits per heavy atom. The minimum Gasteiger partial charge on any atom is -0.755 e. The normalized spacial score (nSPS) is 14.7. The zero-order chi connectivity index (χ0) is 13.8. The van der Waals surface area contributed by atoms with Crippen LogP contribution in [-0.2, 0) is 9.53 Å². The van der Waals surface area contributed by atoms with Crippen LogP contribution in [0.1, 0.15) is 20.8 Å². The van der Waals surface area contributed by atoms with Crippen LogP contribution in [0, 0.1) is 10.1 Å². The zero-order valence-electron chi connectivity index (χ0n) is 10.6. The predicted octanol–water partition coefficient (Wildman–Crippen LogP) is 1.83. The summed E-state index contributed by atoms with van der Waals surface area (Å²) >= 11 is 0. The van der Waals surface area contributed by atoms with Crippen molar-refractivity contribution in [3.63, 3.8) is 0 Å². The molecule has 1 aliphatic heterocycles. The van der Waals surface area contributed by atoms with E-state index in [0.29, 0.717) is 15.4 Å². The molecule has 0 saturated carbocycles. The third kappa shape index (κ3) is 3.27. The van der Waals surface area contributed by atoms with Gasteiger partial charge in [0.25, 0.3) is 0 Å². The van der Waals surface area contributed by atoms with Crippen LogP contribution in [0.4, 0.5) is 0 Å². The van der Waals surface area contributed by atoms with Gasteiger partial charge in [0.1, 0.15) is 0 Å². The fourth-order valence-electron chi connectivity index (χ4n) is 1.20. The van der Waals surface area contributed by atoms with Crippen molar-refractivity contribution >= 4 is 5.97 Å². The van der Waals surface area contributed by atoms with E-state index in [2.05, 4.69) is 0 Å². The van der Waals surface area contributed by atoms with Crippen molar-refractivity contribution in [3.05, 3.63) is 46.4 Å². The maximum Gasteiger partial charge on any atom is 0.383 e. The molecule has 0 N–H and O–H groups in total.